The lowest BCUT2D eigenvalue weighted by molar-refractivity contribution is -0.297. The first kappa shape index (κ1) is 27.7. The Morgan fingerprint density at radius 2 is 1.71 bits per heavy atom. The fourth-order valence-electron chi connectivity index (χ4n) is 6.07. The third-order valence-electron chi connectivity index (χ3n) is 8.98. The average Bonchev–Trinajstić information content (AvgIpc) is 3.48. The van der Waals surface area contributed by atoms with Crippen molar-refractivity contribution in [1.82, 2.24) is 14.8 Å². The largest absolute Gasteiger partial charge is 0.449 e. The Kier molecular flexibility index (Phi) is 6.09. The van der Waals surface area contributed by atoms with Crippen LogP contribution in [-0.2, 0) is 10.2 Å². The van der Waals surface area contributed by atoms with Gasteiger partial charge in [-0.2, -0.15) is 13.2 Å². The van der Waals surface area contributed by atoms with Crippen molar-refractivity contribution in [3.05, 3.63) is 53.5 Å². The number of fused-ring (bicyclic) bond motifs is 1. The zero-order valence-electron chi connectivity index (χ0n) is 23.0. The molecule has 3 heterocycles. The molecule has 1 N–H and O–H groups in total. The van der Waals surface area contributed by atoms with Crippen molar-refractivity contribution < 1.29 is 36.7 Å². The number of halogens is 4. The first-order valence-corrected chi connectivity index (χ1v) is 13.7. The minimum atomic E-state index is -4.77. The highest BCUT2D eigenvalue weighted by atomic mass is 19.4. The van der Waals surface area contributed by atoms with E-state index in [1.54, 1.807) is 36.9 Å². The van der Waals surface area contributed by atoms with E-state index in [4.69, 9.17) is 9.40 Å². The van der Waals surface area contributed by atoms with Crippen LogP contribution < -0.4 is 0 Å². The van der Waals surface area contributed by atoms with Gasteiger partial charge >= 0.3 is 6.18 Å². The van der Waals surface area contributed by atoms with E-state index in [0.717, 1.165) is 24.0 Å². The number of aromatic nitrogens is 1. The number of hydrogen-bond donors (Lipinski definition) is 1. The number of piperazine rings is 1. The minimum Gasteiger partial charge on any atom is -0.449 e. The smallest absolute Gasteiger partial charge is 0.417 e. The summed E-state index contributed by atoms with van der Waals surface area (Å²) in [5, 5.41) is 9.75. The van der Waals surface area contributed by atoms with Gasteiger partial charge in [-0.15, -0.1) is 0 Å². The summed E-state index contributed by atoms with van der Waals surface area (Å²) in [6.07, 6.45) is -4.15. The summed E-state index contributed by atoms with van der Waals surface area (Å²) >= 11 is 0. The first-order chi connectivity index (χ1) is 19.1. The lowest BCUT2D eigenvalue weighted by Gasteiger charge is -2.50. The van der Waals surface area contributed by atoms with Gasteiger partial charge in [0, 0.05) is 42.7 Å². The van der Waals surface area contributed by atoms with Gasteiger partial charge in [0.1, 0.15) is 11.3 Å². The quantitative estimate of drug-likeness (QED) is 0.420. The summed E-state index contributed by atoms with van der Waals surface area (Å²) in [5.74, 6) is -1.96. The van der Waals surface area contributed by atoms with E-state index in [2.05, 4.69) is 6.92 Å². The monoisotopic (exact) mass is 573 g/mol. The maximum atomic E-state index is 13.7. The topological polar surface area (TPSA) is 86.9 Å². The summed E-state index contributed by atoms with van der Waals surface area (Å²) in [4.78, 5) is 34.5. The lowest BCUT2D eigenvalue weighted by atomic mass is 9.69. The van der Waals surface area contributed by atoms with Gasteiger partial charge in [0.25, 0.3) is 5.91 Å². The molecular weight excluding hydrogens is 542 g/mol. The van der Waals surface area contributed by atoms with Crippen LogP contribution in [0.15, 0.2) is 40.8 Å². The number of nitrogens with zero attached hydrogens (tertiary/aromatic N) is 3. The van der Waals surface area contributed by atoms with Crippen molar-refractivity contribution >= 4 is 22.9 Å². The molecule has 0 bridgehead atoms. The van der Waals surface area contributed by atoms with Crippen LogP contribution in [0.1, 0.15) is 62.6 Å². The number of rotatable bonds is 4. The lowest BCUT2D eigenvalue weighted by Crippen LogP contribution is -2.65. The number of pyridine rings is 1. The third kappa shape index (κ3) is 4.67. The second kappa shape index (κ2) is 9.01. The number of furan rings is 1. The number of aliphatic hydroxyl groups is 1. The normalized spacial score (nSPS) is 25.2. The fraction of sp³-hybridized carbons (Fsp3) is 0.500. The predicted octanol–water partition coefficient (Wildman–Crippen LogP) is 5.45. The minimum absolute atomic E-state index is 0.108. The predicted molar refractivity (Wildman–Crippen MR) is 141 cm³/mol. The van der Waals surface area contributed by atoms with E-state index in [9.17, 15) is 32.3 Å². The number of carbonyl (C=O) groups excluding carboxylic acids is 2. The molecule has 2 saturated carbocycles. The molecule has 3 aromatic rings. The molecule has 218 valence electrons. The van der Waals surface area contributed by atoms with Crippen LogP contribution >= 0.6 is 0 Å². The maximum Gasteiger partial charge on any atom is 0.417 e. The van der Waals surface area contributed by atoms with E-state index in [1.165, 1.54) is 17.0 Å². The number of alkyl halides is 3. The maximum absolute atomic E-state index is 13.7. The number of hydrogen-bond acceptors (Lipinski definition) is 5. The standard InChI is InChI=1S/C30H31F4N3O4/c1-27(2)16-36(25(38)18-14-29(40,15-18)30(32,33)34)10-11-37(27)26(39)23-13-22-24(41-23)20(28(3)8-9-28)12-21(35-22)17-4-6-19(31)7-5-17/h4-7,12-13,18,40H,8-11,14-16H2,1-3H3. The Labute approximate surface area is 234 Å². The fourth-order valence-corrected chi connectivity index (χ4v) is 6.07. The van der Waals surface area contributed by atoms with Crippen LogP contribution in [0.4, 0.5) is 17.6 Å². The van der Waals surface area contributed by atoms with Crippen molar-refractivity contribution in [2.24, 2.45) is 5.92 Å². The van der Waals surface area contributed by atoms with Gasteiger partial charge in [-0.3, -0.25) is 9.59 Å². The number of carbonyl (C=O) groups is 2. The first-order valence-electron chi connectivity index (χ1n) is 13.7. The molecule has 1 saturated heterocycles. The Balaban J connectivity index is 1.23. The van der Waals surface area contributed by atoms with Crippen molar-refractivity contribution in [2.45, 2.75) is 69.2 Å². The van der Waals surface area contributed by atoms with Crippen LogP contribution in [0.2, 0.25) is 0 Å². The number of benzene rings is 1. The van der Waals surface area contributed by atoms with Crippen molar-refractivity contribution in [3.63, 3.8) is 0 Å². The summed E-state index contributed by atoms with van der Waals surface area (Å²) in [5.41, 5.74) is -0.361. The molecule has 1 aliphatic heterocycles. The molecule has 2 aliphatic carbocycles. The van der Waals surface area contributed by atoms with Crippen LogP contribution in [0, 0.1) is 11.7 Å². The molecule has 1 aromatic carbocycles. The van der Waals surface area contributed by atoms with Gasteiger partial charge < -0.3 is 19.3 Å². The van der Waals surface area contributed by atoms with Gasteiger partial charge in [-0.1, -0.05) is 6.92 Å². The van der Waals surface area contributed by atoms with Crippen LogP contribution in [0.25, 0.3) is 22.4 Å². The zero-order valence-corrected chi connectivity index (χ0v) is 23.0. The van der Waals surface area contributed by atoms with Crippen LogP contribution in [-0.4, -0.2) is 68.7 Å². The molecule has 11 heteroatoms. The van der Waals surface area contributed by atoms with E-state index < -0.39 is 42.0 Å². The van der Waals surface area contributed by atoms with E-state index >= 15 is 0 Å². The third-order valence-corrected chi connectivity index (χ3v) is 8.98. The Morgan fingerprint density at radius 1 is 1.05 bits per heavy atom. The zero-order chi connectivity index (χ0) is 29.5. The van der Waals surface area contributed by atoms with Gasteiger partial charge in [0.2, 0.25) is 5.91 Å². The summed E-state index contributed by atoms with van der Waals surface area (Å²) in [6, 6.07) is 9.61. The average molecular weight is 574 g/mol. The molecule has 0 spiro atoms. The Morgan fingerprint density at radius 3 is 2.29 bits per heavy atom. The SMILES string of the molecule is CC1(c2cc(-c3ccc(F)cc3)nc3cc(C(=O)N4CCN(C(=O)C5CC(O)(C(F)(F)F)C5)CC4(C)C)oc23)CC1. The highest BCUT2D eigenvalue weighted by Crippen LogP contribution is 2.51. The second-order valence-electron chi connectivity index (χ2n) is 12.6. The summed E-state index contributed by atoms with van der Waals surface area (Å²) in [6.45, 7) is 6.17. The van der Waals surface area contributed by atoms with E-state index in [1.807, 2.05) is 6.07 Å². The molecule has 7 nitrogen and oxygen atoms in total. The molecule has 2 amide bonds. The molecule has 2 aromatic heterocycles. The van der Waals surface area contributed by atoms with Crippen molar-refractivity contribution in [2.75, 3.05) is 19.6 Å². The van der Waals surface area contributed by atoms with E-state index in [0.29, 0.717) is 16.8 Å². The summed E-state index contributed by atoms with van der Waals surface area (Å²) in [7, 11) is 0. The second-order valence-corrected chi connectivity index (χ2v) is 12.6. The van der Waals surface area contributed by atoms with Gasteiger partial charge in [-0.05, 0) is 75.3 Å². The molecule has 6 rings (SSSR count). The highest BCUT2D eigenvalue weighted by Gasteiger charge is 2.63. The molecule has 41 heavy (non-hydrogen) atoms. The molecule has 0 radical (unpaired) electrons. The van der Waals surface area contributed by atoms with E-state index in [-0.39, 0.29) is 42.5 Å². The van der Waals surface area contributed by atoms with Gasteiger partial charge in [0.15, 0.2) is 16.9 Å². The highest BCUT2D eigenvalue weighted by molar-refractivity contribution is 5.97. The Hall–Kier alpha value is -3.47. The van der Waals surface area contributed by atoms with Crippen LogP contribution in [0.5, 0.6) is 0 Å². The van der Waals surface area contributed by atoms with Gasteiger partial charge in [0.05, 0.1) is 11.2 Å². The van der Waals surface area contributed by atoms with Crippen molar-refractivity contribution in [1.29, 1.82) is 0 Å². The molecule has 3 aliphatic rings. The van der Waals surface area contributed by atoms with Gasteiger partial charge in [-0.25, -0.2) is 9.37 Å². The molecular formula is C30H31F4N3O4. The van der Waals surface area contributed by atoms with Crippen LogP contribution in [0.3, 0.4) is 0 Å². The van der Waals surface area contributed by atoms with Crippen molar-refractivity contribution in [3.8, 4) is 11.3 Å². The molecule has 3 fully saturated rings. The number of amides is 2. The summed E-state index contributed by atoms with van der Waals surface area (Å²) < 4.78 is 58.8. The molecule has 0 atom stereocenters. The molecule has 0 unspecified atom stereocenters. The Bertz CT molecular complexity index is 1540.